The molecule has 1 atom stereocenters. The normalized spacial score (nSPS) is 13.4. The van der Waals surface area contributed by atoms with Crippen molar-refractivity contribution in [2.24, 2.45) is 5.73 Å². The first-order valence-corrected chi connectivity index (χ1v) is 7.13. The molecular weight excluding hydrogens is 268 g/mol. The molecule has 1 aromatic carbocycles. The molecule has 1 unspecified atom stereocenters. The molecule has 0 spiro atoms. The van der Waals surface area contributed by atoms with Gasteiger partial charge in [-0.15, -0.1) is 0 Å². The molecule has 1 aromatic rings. The Balaban J connectivity index is 2.40. The summed E-state index contributed by atoms with van der Waals surface area (Å²) >= 11 is 0. The van der Waals surface area contributed by atoms with Crippen molar-refractivity contribution in [1.82, 2.24) is 0 Å². The molecule has 118 valence electrons. The van der Waals surface area contributed by atoms with Crippen LogP contribution in [0.25, 0.3) is 0 Å². The molecule has 1 rings (SSSR count). The number of hydrogen-bond acceptors (Lipinski definition) is 5. The number of nitrogens with two attached hydrogens (primary N) is 1. The molecule has 0 heterocycles. The van der Waals surface area contributed by atoms with E-state index in [0.717, 1.165) is 30.8 Å². The first kappa shape index (κ1) is 17.3. The highest BCUT2D eigenvalue weighted by Gasteiger charge is 2.28. The zero-order valence-electron chi connectivity index (χ0n) is 13.4. The largest absolute Gasteiger partial charge is 0.497 e. The zero-order valence-corrected chi connectivity index (χ0v) is 13.4. The van der Waals surface area contributed by atoms with Crippen LogP contribution in [0.1, 0.15) is 26.2 Å². The minimum absolute atomic E-state index is 0.358. The molecule has 0 aromatic heterocycles. The van der Waals surface area contributed by atoms with E-state index in [1.165, 1.54) is 7.11 Å². The fourth-order valence-electron chi connectivity index (χ4n) is 2.15. The predicted molar refractivity (Wildman–Crippen MR) is 84.7 cm³/mol. The first-order chi connectivity index (χ1) is 9.90. The number of methoxy groups -OCH3 is 2. The van der Waals surface area contributed by atoms with Crippen LogP contribution in [-0.2, 0) is 9.53 Å². The molecule has 0 saturated carbocycles. The molecule has 21 heavy (non-hydrogen) atoms. The van der Waals surface area contributed by atoms with Crippen LogP contribution in [0.15, 0.2) is 24.3 Å². The lowest BCUT2D eigenvalue weighted by molar-refractivity contribution is -0.146. The number of esters is 1. The molecule has 0 bridgehead atoms. The highest BCUT2D eigenvalue weighted by Crippen LogP contribution is 2.20. The minimum Gasteiger partial charge on any atom is -0.497 e. The highest BCUT2D eigenvalue weighted by molar-refractivity contribution is 5.79. The number of anilines is 1. The Labute approximate surface area is 127 Å². The van der Waals surface area contributed by atoms with E-state index in [9.17, 15) is 4.79 Å². The Morgan fingerprint density at radius 2 is 2.05 bits per heavy atom. The third-order valence-electron chi connectivity index (χ3n) is 3.59. The van der Waals surface area contributed by atoms with Gasteiger partial charge in [0.1, 0.15) is 11.3 Å². The number of hydrogen-bond donors (Lipinski definition) is 1. The van der Waals surface area contributed by atoms with Gasteiger partial charge in [0.25, 0.3) is 0 Å². The zero-order chi connectivity index (χ0) is 15.9. The maximum Gasteiger partial charge on any atom is 0.325 e. The van der Waals surface area contributed by atoms with Crippen molar-refractivity contribution in [2.75, 3.05) is 32.7 Å². The van der Waals surface area contributed by atoms with Crippen molar-refractivity contribution in [2.45, 2.75) is 31.7 Å². The molecule has 0 fully saturated rings. The van der Waals surface area contributed by atoms with Crippen LogP contribution in [0.3, 0.4) is 0 Å². The second-order valence-electron chi connectivity index (χ2n) is 5.49. The first-order valence-electron chi connectivity index (χ1n) is 7.13. The summed E-state index contributed by atoms with van der Waals surface area (Å²) in [5.41, 5.74) is 6.14. The van der Waals surface area contributed by atoms with Gasteiger partial charge in [-0.3, -0.25) is 4.79 Å². The number of nitrogens with zero attached hydrogens (tertiary/aromatic N) is 1. The van der Waals surface area contributed by atoms with E-state index in [1.54, 1.807) is 14.0 Å². The molecule has 0 amide bonds. The van der Waals surface area contributed by atoms with Crippen LogP contribution < -0.4 is 15.4 Å². The molecule has 0 saturated heterocycles. The van der Waals surface area contributed by atoms with Gasteiger partial charge >= 0.3 is 5.97 Å². The summed E-state index contributed by atoms with van der Waals surface area (Å²) in [4.78, 5) is 13.6. The quantitative estimate of drug-likeness (QED) is 0.588. The van der Waals surface area contributed by atoms with E-state index in [1.807, 2.05) is 31.3 Å². The van der Waals surface area contributed by atoms with Crippen LogP contribution >= 0.6 is 0 Å². The third kappa shape index (κ3) is 5.27. The highest BCUT2D eigenvalue weighted by atomic mass is 16.5. The maximum absolute atomic E-state index is 11.5. The smallest absolute Gasteiger partial charge is 0.325 e. The van der Waals surface area contributed by atoms with Crippen LogP contribution in [0, 0.1) is 0 Å². The third-order valence-corrected chi connectivity index (χ3v) is 3.59. The van der Waals surface area contributed by atoms with Crippen molar-refractivity contribution in [3.05, 3.63) is 24.3 Å². The fourth-order valence-corrected chi connectivity index (χ4v) is 2.15. The van der Waals surface area contributed by atoms with Crippen molar-refractivity contribution in [1.29, 1.82) is 0 Å². The number of unbranched alkanes of at least 4 members (excludes halogenated alkanes) is 1. The molecule has 0 aliphatic rings. The van der Waals surface area contributed by atoms with Gasteiger partial charge in [-0.2, -0.15) is 0 Å². The van der Waals surface area contributed by atoms with Crippen molar-refractivity contribution >= 4 is 11.7 Å². The summed E-state index contributed by atoms with van der Waals surface area (Å²) in [7, 11) is 5.06. The summed E-state index contributed by atoms with van der Waals surface area (Å²) in [6, 6.07) is 7.94. The standard InChI is InChI=1S/C16H26N2O3/c1-16(17,15(19)21-4)10-5-6-11-18(2)13-8-7-9-14(12-13)20-3/h7-9,12H,5-6,10-11,17H2,1-4H3. The lowest BCUT2D eigenvalue weighted by Crippen LogP contribution is -2.45. The Bertz CT molecular complexity index is 461. The van der Waals surface area contributed by atoms with Crippen molar-refractivity contribution < 1.29 is 14.3 Å². The molecule has 0 aliphatic heterocycles. The average Bonchev–Trinajstić information content (AvgIpc) is 2.50. The predicted octanol–water partition coefficient (Wildman–Crippen LogP) is 2.19. The van der Waals surface area contributed by atoms with Gasteiger partial charge < -0.3 is 20.1 Å². The van der Waals surface area contributed by atoms with E-state index < -0.39 is 5.54 Å². The summed E-state index contributed by atoms with van der Waals surface area (Å²) in [6.45, 7) is 2.61. The van der Waals surface area contributed by atoms with Gasteiger partial charge in [-0.1, -0.05) is 6.07 Å². The number of ether oxygens (including phenoxy) is 2. The van der Waals surface area contributed by atoms with Crippen LogP contribution in [0.4, 0.5) is 5.69 Å². The Morgan fingerprint density at radius 1 is 1.33 bits per heavy atom. The Hall–Kier alpha value is -1.75. The Morgan fingerprint density at radius 3 is 2.67 bits per heavy atom. The van der Waals surface area contributed by atoms with Crippen LogP contribution in [0.5, 0.6) is 5.75 Å². The van der Waals surface area contributed by atoms with Crippen molar-refractivity contribution in [3.8, 4) is 5.75 Å². The number of carbonyl (C=O) groups is 1. The van der Waals surface area contributed by atoms with Crippen LogP contribution in [0.2, 0.25) is 0 Å². The lowest BCUT2D eigenvalue weighted by atomic mass is 9.96. The molecular formula is C16H26N2O3. The van der Waals surface area contributed by atoms with Crippen LogP contribution in [-0.4, -0.2) is 39.3 Å². The van der Waals surface area contributed by atoms with E-state index in [-0.39, 0.29) is 5.97 Å². The molecule has 0 aliphatic carbocycles. The minimum atomic E-state index is -0.900. The van der Waals surface area contributed by atoms with E-state index in [2.05, 4.69) is 4.90 Å². The number of rotatable bonds is 8. The maximum atomic E-state index is 11.5. The molecule has 5 nitrogen and oxygen atoms in total. The molecule has 0 radical (unpaired) electrons. The van der Waals surface area contributed by atoms with Gasteiger partial charge in [0.2, 0.25) is 0 Å². The van der Waals surface area contributed by atoms with E-state index in [4.69, 9.17) is 15.2 Å². The fraction of sp³-hybridized carbons (Fsp3) is 0.562. The van der Waals surface area contributed by atoms with E-state index >= 15 is 0 Å². The van der Waals surface area contributed by atoms with Gasteiger partial charge in [-0.25, -0.2) is 0 Å². The van der Waals surface area contributed by atoms with Crippen molar-refractivity contribution in [3.63, 3.8) is 0 Å². The lowest BCUT2D eigenvalue weighted by Gasteiger charge is -2.23. The van der Waals surface area contributed by atoms with Gasteiger partial charge in [0.15, 0.2) is 0 Å². The molecule has 2 N–H and O–H groups in total. The van der Waals surface area contributed by atoms with Gasteiger partial charge in [0.05, 0.1) is 14.2 Å². The number of benzene rings is 1. The average molecular weight is 294 g/mol. The van der Waals surface area contributed by atoms with E-state index in [0.29, 0.717) is 6.42 Å². The number of carbonyl (C=O) groups excluding carboxylic acids is 1. The molecule has 5 heteroatoms. The summed E-state index contributed by atoms with van der Waals surface area (Å²) in [5, 5.41) is 0. The second kappa shape index (κ2) is 7.88. The monoisotopic (exact) mass is 294 g/mol. The second-order valence-corrected chi connectivity index (χ2v) is 5.49. The SMILES string of the molecule is COC(=O)C(C)(N)CCCCN(C)c1cccc(OC)c1. The van der Waals surface area contributed by atoms with Gasteiger partial charge in [0, 0.05) is 25.3 Å². The topological polar surface area (TPSA) is 64.8 Å². The van der Waals surface area contributed by atoms with Gasteiger partial charge in [-0.05, 0) is 38.3 Å². The Kier molecular flexibility index (Phi) is 6.49. The summed E-state index contributed by atoms with van der Waals surface area (Å²) < 4.78 is 9.92. The summed E-state index contributed by atoms with van der Waals surface area (Å²) in [5.74, 6) is 0.489. The summed E-state index contributed by atoms with van der Waals surface area (Å²) in [6.07, 6.45) is 2.44.